The Hall–Kier alpha value is -1.19. The summed E-state index contributed by atoms with van der Waals surface area (Å²) >= 11 is 11.9. The minimum Gasteiger partial charge on any atom is -0.379 e. The van der Waals surface area contributed by atoms with Crippen molar-refractivity contribution < 1.29 is 0 Å². The van der Waals surface area contributed by atoms with Crippen molar-refractivity contribution in [2.75, 3.05) is 5.32 Å². The summed E-state index contributed by atoms with van der Waals surface area (Å²) in [5.74, 6) is 0. The molecule has 0 atom stereocenters. The molecule has 0 saturated carbocycles. The quantitative estimate of drug-likeness (QED) is 0.887. The van der Waals surface area contributed by atoms with Crippen molar-refractivity contribution in [3.05, 3.63) is 45.7 Å². The molecule has 1 N–H and O–H groups in total. The number of halogens is 2. The van der Waals surface area contributed by atoms with E-state index in [1.165, 1.54) is 0 Å². The van der Waals surface area contributed by atoms with Gasteiger partial charge >= 0.3 is 0 Å². The Balaban J connectivity index is 2.11. The van der Waals surface area contributed by atoms with Crippen molar-refractivity contribution in [2.45, 2.75) is 33.4 Å². The smallest absolute Gasteiger partial charge is 0.0625 e. The number of nitrogens with one attached hydrogen (secondary N) is 1. The number of benzene rings is 1. The first-order valence-electron chi connectivity index (χ1n) is 6.38. The Kier molecular flexibility index (Phi) is 4.72. The zero-order valence-electron chi connectivity index (χ0n) is 11.1. The van der Waals surface area contributed by atoms with Gasteiger partial charge in [-0.25, -0.2) is 0 Å². The van der Waals surface area contributed by atoms with Crippen LogP contribution in [0.25, 0.3) is 0 Å². The van der Waals surface area contributed by atoms with Gasteiger partial charge in [0.1, 0.15) is 0 Å². The number of hydrogen-bond acceptors (Lipinski definition) is 2. The number of aromatic nitrogens is 2. The normalized spacial score (nSPS) is 10.7. The van der Waals surface area contributed by atoms with E-state index in [2.05, 4.69) is 30.3 Å². The lowest BCUT2D eigenvalue weighted by Gasteiger charge is -2.08. The molecule has 0 spiro atoms. The molecule has 2 aromatic rings. The molecule has 1 aromatic heterocycles. The zero-order valence-corrected chi connectivity index (χ0v) is 12.6. The van der Waals surface area contributed by atoms with Crippen LogP contribution in [-0.4, -0.2) is 9.78 Å². The summed E-state index contributed by atoms with van der Waals surface area (Å²) < 4.78 is 2.01. The van der Waals surface area contributed by atoms with Gasteiger partial charge in [-0.1, -0.05) is 30.1 Å². The van der Waals surface area contributed by atoms with Crippen LogP contribution in [0.1, 0.15) is 25.2 Å². The van der Waals surface area contributed by atoms with Crippen molar-refractivity contribution in [3.8, 4) is 0 Å². The largest absolute Gasteiger partial charge is 0.379 e. The minimum atomic E-state index is 0.633. The van der Waals surface area contributed by atoms with Gasteiger partial charge in [-0.15, -0.1) is 0 Å². The molecule has 0 unspecified atom stereocenters. The van der Waals surface area contributed by atoms with Gasteiger partial charge in [-0.2, -0.15) is 5.10 Å². The summed E-state index contributed by atoms with van der Waals surface area (Å²) in [6.07, 6.45) is 0.947. The van der Waals surface area contributed by atoms with E-state index < -0.39 is 0 Å². The van der Waals surface area contributed by atoms with E-state index in [0.29, 0.717) is 16.6 Å². The number of aryl methyl sites for hydroxylation is 2. The summed E-state index contributed by atoms with van der Waals surface area (Å²) in [5.41, 5.74) is 3.19. The first-order chi connectivity index (χ1) is 9.12. The third kappa shape index (κ3) is 3.64. The van der Waals surface area contributed by atoms with Crippen LogP contribution < -0.4 is 5.32 Å². The van der Waals surface area contributed by atoms with Gasteiger partial charge in [0, 0.05) is 22.3 Å². The van der Waals surface area contributed by atoms with Gasteiger partial charge in [0.15, 0.2) is 0 Å². The molecule has 102 valence electrons. The Morgan fingerprint density at radius 2 is 1.79 bits per heavy atom. The lowest BCUT2D eigenvalue weighted by Crippen LogP contribution is -2.07. The second kappa shape index (κ2) is 6.31. The fourth-order valence-electron chi connectivity index (χ4n) is 1.95. The SMILES string of the molecule is CCc1cc(CNc2cc(Cl)cc(Cl)c2)n(CC)n1. The Morgan fingerprint density at radius 1 is 1.11 bits per heavy atom. The van der Waals surface area contributed by atoms with E-state index in [1.807, 2.05) is 16.8 Å². The third-order valence-electron chi connectivity index (χ3n) is 2.91. The minimum absolute atomic E-state index is 0.633. The predicted molar refractivity (Wildman–Crippen MR) is 81.1 cm³/mol. The highest BCUT2D eigenvalue weighted by molar-refractivity contribution is 6.35. The van der Waals surface area contributed by atoms with Crippen molar-refractivity contribution >= 4 is 28.9 Å². The molecular formula is C14H17Cl2N3. The molecule has 0 aliphatic heterocycles. The summed E-state index contributed by atoms with van der Waals surface area (Å²) in [7, 11) is 0. The van der Waals surface area contributed by atoms with Crippen molar-refractivity contribution in [3.63, 3.8) is 0 Å². The molecule has 0 fully saturated rings. The van der Waals surface area contributed by atoms with E-state index in [-0.39, 0.29) is 0 Å². The van der Waals surface area contributed by atoms with Crippen LogP contribution in [0.2, 0.25) is 10.0 Å². The van der Waals surface area contributed by atoms with Crippen LogP contribution in [0.15, 0.2) is 24.3 Å². The first-order valence-corrected chi connectivity index (χ1v) is 7.13. The maximum absolute atomic E-state index is 5.97. The Labute approximate surface area is 123 Å². The maximum Gasteiger partial charge on any atom is 0.0625 e. The van der Waals surface area contributed by atoms with Crippen LogP contribution in [-0.2, 0) is 19.5 Å². The summed E-state index contributed by atoms with van der Waals surface area (Å²) in [5, 5.41) is 9.11. The molecule has 0 bridgehead atoms. The fourth-order valence-corrected chi connectivity index (χ4v) is 2.48. The predicted octanol–water partition coefficient (Wildman–Crippen LogP) is 4.38. The highest BCUT2D eigenvalue weighted by atomic mass is 35.5. The van der Waals surface area contributed by atoms with Gasteiger partial charge in [0.25, 0.3) is 0 Å². The standard InChI is InChI=1S/C14H17Cl2N3/c1-3-12-8-14(19(4-2)18-12)9-17-13-6-10(15)5-11(16)7-13/h5-8,17H,3-4,9H2,1-2H3. The van der Waals surface area contributed by atoms with Crippen molar-refractivity contribution in [1.29, 1.82) is 0 Å². The second-order valence-electron chi connectivity index (χ2n) is 4.31. The van der Waals surface area contributed by atoms with E-state index >= 15 is 0 Å². The van der Waals surface area contributed by atoms with Gasteiger partial charge in [-0.3, -0.25) is 4.68 Å². The molecule has 2 rings (SSSR count). The van der Waals surface area contributed by atoms with Crippen molar-refractivity contribution in [2.24, 2.45) is 0 Å². The fraction of sp³-hybridized carbons (Fsp3) is 0.357. The molecule has 0 radical (unpaired) electrons. The Bertz CT molecular complexity index is 544. The molecule has 19 heavy (non-hydrogen) atoms. The Morgan fingerprint density at radius 3 is 2.37 bits per heavy atom. The third-order valence-corrected chi connectivity index (χ3v) is 3.35. The van der Waals surface area contributed by atoms with Crippen LogP contribution in [0.4, 0.5) is 5.69 Å². The zero-order chi connectivity index (χ0) is 13.8. The molecule has 0 aliphatic rings. The van der Waals surface area contributed by atoms with E-state index in [0.717, 1.165) is 30.0 Å². The number of nitrogens with zero attached hydrogens (tertiary/aromatic N) is 2. The molecule has 1 aromatic carbocycles. The van der Waals surface area contributed by atoms with Crippen LogP contribution in [0.3, 0.4) is 0 Å². The maximum atomic E-state index is 5.97. The molecule has 0 aliphatic carbocycles. The second-order valence-corrected chi connectivity index (χ2v) is 5.18. The molecule has 3 nitrogen and oxygen atoms in total. The average molecular weight is 298 g/mol. The molecular weight excluding hydrogens is 281 g/mol. The topological polar surface area (TPSA) is 29.9 Å². The first kappa shape index (κ1) is 14.2. The molecule has 5 heteroatoms. The van der Waals surface area contributed by atoms with Crippen molar-refractivity contribution in [1.82, 2.24) is 9.78 Å². The van der Waals surface area contributed by atoms with Gasteiger partial charge in [0.2, 0.25) is 0 Å². The monoisotopic (exact) mass is 297 g/mol. The van der Waals surface area contributed by atoms with Gasteiger partial charge in [0.05, 0.1) is 17.9 Å². The van der Waals surface area contributed by atoms with Crippen LogP contribution >= 0.6 is 23.2 Å². The lowest BCUT2D eigenvalue weighted by molar-refractivity contribution is 0.619. The van der Waals surface area contributed by atoms with E-state index in [4.69, 9.17) is 23.2 Å². The van der Waals surface area contributed by atoms with E-state index in [1.54, 1.807) is 6.07 Å². The van der Waals surface area contributed by atoms with E-state index in [9.17, 15) is 0 Å². The molecule has 1 heterocycles. The highest BCUT2D eigenvalue weighted by Gasteiger charge is 2.06. The van der Waals surface area contributed by atoms with Crippen LogP contribution in [0, 0.1) is 0 Å². The number of rotatable bonds is 5. The molecule has 0 amide bonds. The summed E-state index contributed by atoms with van der Waals surface area (Å²) in [6.45, 7) is 5.77. The highest BCUT2D eigenvalue weighted by Crippen LogP contribution is 2.23. The van der Waals surface area contributed by atoms with Crippen LogP contribution in [0.5, 0.6) is 0 Å². The summed E-state index contributed by atoms with van der Waals surface area (Å²) in [4.78, 5) is 0. The number of anilines is 1. The lowest BCUT2D eigenvalue weighted by atomic mass is 10.3. The number of hydrogen-bond donors (Lipinski definition) is 1. The summed E-state index contributed by atoms with van der Waals surface area (Å²) in [6, 6.07) is 7.57. The van der Waals surface area contributed by atoms with Gasteiger partial charge in [-0.05, 0) is 37.6 Å². The average Bonchev–Trinajstić information content (AvgIpc) is 2.77. The molecule has 0 saturated heterocycles. The van der Waals surface area contributed by atoms with Gasteiger partial charge < -0.3 is 5.32 Å².